The van der Waals surface area contributed by atoms with Crippen LogP contribution in [0.1, 0.15) is 245 Å². The molecule has 0 aliphatic carbocycles. The Bertz CT molecular complexity index is 1310. The predicted octanol–water partition coefficient (Wildman–Crippen LogP) is 18.5. The summed E-state index contributed by atoms with van der Waals surface area (Å²) in [7, 11) is 0. The number of rotatable bonds is 49. The highest BCUT2D eigenvalue weighted by Gasteiger charge is 2.16. The zero-order valence-electron chi connectivity index (χ0n) is 42.9. The van der Waals surface area contributed by atoms with Gasteiger partial charge in [-0.15, -0.1) is 0 Å². The lowest BCUT2D eigenvalue weighted by Crippen LogP contribution is -2.28. The van der Waals surface area contributed by atoms with E-state index in [4.69, 9.17) is 9.47 Å². The van der Waals surface area contributed by atoms with Gasteiger partial charge >= 0.3 is 11.9 Å². The maximum atomic E-state index is 12.3. The van der Waals surface area contributed by atoms with Gasteiger partial charge in [-0.2, -0.15) is 0 Å². The fourth-order valence-electron chi connectivity index (χ4n) is 7.51. The largest absolute Gasteiger partial charge is 0.462 e. The molecule has 1 N–H and O–H groups in total. The van der Waals surface area contributed by atoms with Crippen LogP contribution in [0.3, 0.4) is 0 Å². The Morgan fingerprint density at radius 1 is 0.348 bits per heavy atom. The van der Waals surface area contributed by atoms with E-state index < -0.39 is 6.10 Å². The molecular weight excluding hydrogens is 813 g/mol. The molecule has 0 heterocycles. The third kappa shape index (κ3) is 53.2. The first kappa shape index (κ1) is 62.6. The summed E-state index contributed by atoms with van der Waals surface area (Å²) in [5.74, 6) is -0.606. The van der Waals surface area contributed by atoms with Crippen molar-refractivity contribution in [2.45, 2.75) is 251 Å². The van der Waals surface area contributed by atoms with Crippen molar-refractivity contribution < 1.29 is 24.2 Å². The van der Waals surface area contributed by atoms with Gasteiger partial charge in [-0.1, -0.05) is 245 Å². The van der Waals surface area contributed by atoms with Crippen molar-refractivity contribution in [3.05, 3.63) is 109 Å². The van der Waals surface area contributed by atoms with Gasteiger partial charge in [-0.3, -0.25) is 9.59 Å². The molecule has 0 aliphatic rings. The number of esters is 2. The Balaban J connectivity index is 3.50. The number of ether oxygens (including phenoxy) is 2. The lowest BCUT2D eigenvalue weighted by molar-refractivity contribution is -0.161. The molecule has 0 saturated heterocycles. The molecule has 0 aromatic heterocycles. The molecule has 0 aromatic carbocycles. The molecule has 1 unspecified atom stereocenters. The maximum absolute atomic E-state index is 12.3. The molecule has 1 atom stereocenters. The highest BCUT2D eigenvalue weighted by molar-refractivity contribution is 5.70. The normalized spacial score (nSPS) is 13.1. The Labute approximate surface area is 408 Å². The van der Waals surface area contributed by atoms with Gasteiger partial charge in [0.25, 0.3) is 0 Å². The maximum Gasteiger partial charge on any atom is 0.306 e. The molecule has 0 bridgehead atoms. The summed E-state index contributed by atoms with van der Waals surface area (Å²) in [6.07, 6.45) is 80.6. The van der Waals surface area contributed by atoms with E-state index in [1.54, 1.807) is 0 Å². The van der Waals surface area contributed by atoms with E-state index in [9.17, 15) is 14.7 Å². The van der Waals surface area contributed by atoms with E-state index in [1.165, 1.54) is 116 Å². The highest BCUT2D eigenvalue weighted by Crippen LogP contribution is 2.16. The van der Waals surface area contributed by atoms with Crippen molar-refractivity contribution in [3.63, 3.8) is 0 Å². The van der Waals surface area contributed by atoms with Gasteiger partial charge in [0.15, 0.2) is 6.10 Å². The summed E-state index contributed by atoms with van der Waals surface area (Å²) in [6.45, 7) is 3.91. The van der Waals surface area contributed by atoms with Crippen LogP contribution in [0.15, 0.2) is 109 Å². The molecule has 0 amide bonds. The van der Waals surface area contributed by atoms with Crippen LogP contribution in [0, 0.1) is 0 Å². The molecule has 5 nitrogen and oxygen atoms in total. The van der Waals surface area contributed by atoms with Crippen molar-refractivity contribution in [2.24, 2.45) is 0 Å². The van der Waals surface area contributed by atoms with Gasteiger partial charge in [0.2, 0.25) is 0 Å². The van der Waals surface area contributed by atoms with Gasteiger partial charge in [-0.05, 0) is 96.3 Å². The predicted molar refractivity (Wildman–Crippen MR) is 288 cm³/mol. The summed E-state index contributed by atoms with van der Waals surface area (Å²) >= 11 is 0. The third-order valence-corrected chi connectivity index (χ3v) is 11.6. The molecule has 5 heteroatoms. The first-order valence-electron chi connectivity index (χ1n) is 27.4. The fraction of sp³-hybridized carbons (Fsp3) is 0.672. The molecule has 0 aromatic rings. The van der Waals surface area contributed by atoms with E-state index in [0.717, 1.165) is 103 Å². The van der Waals surface area contributed by atoms with Gasteiger partial charge in [0, 0.05) is 12.8 Å². The van der Waals surface area contributed by atoms with Crippen molar-refractivity contribution in [1.29, 1.82) is 0 Å². The first-order valence-corrected chi connectivity index (χ1v) is 27.4. The Hall–Kier alpha value is -3.44. The molecule has 0 radical (unpaired) electrons. The Morgan fingerprint density at radius 2 is 0.606 bits per heavy atom. The number of unbranched alkanes of at least 4 members (excludes halogenated alkanes) is 23. The number of aliphatic hydroxyl groups is 1. The minimum absolute atomic E-state index is 0.0771. The van der Waals surface area contributed by atoms with Gasteiger partial charge < -0.3 is 14.6 Å². The van der Waals surface area contributed by atoms with Crippen LogP contribution in [0.4, 0.5) is 0 Å². The number of aliphatic hydroxyl groups excluding tert-OH is 1. The summed E-state index contributed by atoms with van der Waals surface area (Å²) in [6, 6.07) is 0. The molecule has 0 spiro atoms. The number of carbonyl (C=O) groups is 2. The smallest absolute Gasteiger partial charge is 0.306 e. The number of allylic oxidation sites excluding steroid dienone is 18. The second-order valence-electron chi connectivity index (χ2n) is 17.9. The lowest BCUT2D eigenvalue weighted by atomic mass is 10.0. The van der Waals surface area contributed by atoms with Crippen LogP contribution in [0.2, 0.25) is 0 Å². The number of carbonyl (C=O) groups excluding carboxylic acids is 2. The molecule has 0 aliphatic heterocycles. The van der Waals surface area contributed by atoms with Crippen LogP contribution in [-0.4, -0.2) is 36.4 Å². The van der Waals surface area contributed by atoms with Crippen LogP contribution in [-0.2, 0) is 19.1 Å². The highest BCUT2D eigenvalue weighted by atomic mass is 16.6. The molecular formula is C61H102O5. The minimum atomic E-state index is -0.784. The average Bonchev–Trinajstić information content (AvgIpc) is 3.32. The standard InChI is InChI=1S/C61H102O5/c1-3-5-7-9-11-13-15-17-19-21-23-24-25-26-27-28-29-30-31-32-33-34-35-36-38-40-42-44-46-48-50-52-54-56-61(64)66-59(57-62)58-65-60(63)55-53-51-49-47-45-43-41-39-37-22-20-18-16-14-12-10-8-6-4-2/h5-8,11-14,17-20,23-24,26-27,37,39,59,62H,3-4,9-10,15-16,21-22,25,28-36,38,40-58H2,1-2H3/b7-5-,8-6-,13-11-,14-12-,19-17-,20-18-,24-23-,27-26-,39-37-. The molecule has 66 heavy (non-hydrogen) atoms. The average molecular weight is 915 g/mol. The Kier molecular flexibility index (Phi) is 53.0. The molecule has 0 saturated carbocycles. The van der Waals surface area contributed by atoms with Crippen molar-refractivity contribution >= 4 is 11.9 Å². The van der Waals surface area contributed by atoms with E-state index in [-0.39, 0.29) is 25.2 Å². The Morgan fingerprint density at radius 3 is 0.909 bits per heavy atom. The van der Waals surface area contributed by atoms with E-state index in [0.29, 0.717) is 12.8 Å². The second kappa shape index (κ2) is 55.9. The van der Waals surface area contributed by atoms with Crippen molar-refractivity contribution in [1.82, 2.24) is 0 Å². The lowest BCUT2D eigenvalue weighted by Gasteiger charge is -2.15. The number of hydrogen-bond donors (Lipinski definition) is 1. The SMILES string of the molecule is CC/C=C\C/C=C\C/C=C\C/C=C\C/C=C\CCCCCCCCCCCCCCCCCCCC(=O)OC(CO)COC(=O)CCCCCCCC/C=C\C/C=C\C/C=C\C/C=C\CC. The summed E-state index contributed by atoms with van der Waals surface area (Å²) in [5.41, 5.74) is 0. The fourth-order valence-corrected chi connectivity index (χ4v) is 7.51. The van der Waals surface area contributed by atoms with Crippen molar-refractivity contribution in [2.75, 3.05) is 13.2 Å². The van der Waals surface area contributed by atoms with Gasteiger partial charge in [-0.25, -0.2) is 0 Å². The third-order valence-electron chi connectivity index (χ3n) is 11.6. The van der Waals surface area contributed by atoms with Gasteiger partial charge in [0.1, 0.15) is 6.61 Å². The zero-order chi connectivity index (χ0) is 47.7. The van der Waals surface area contributed by atoms with E-state index >= 15 is 0 Å². The van der Waals surface area contributed by atoms with Crippen LogP contribution < -0.4 is 0 Å². The summed E-state index contributed by atoms with van der Waals surface area (Å²) < 4.78 is 10.7. The van der Waals surface area contributed by atoms with Crippen LogP contribution in [0.5, 0.6) is 0 Å². The quantitative estimate of drug-likeness (QED) is 0.0374. The first-order chi connectivity index (χ1) is 32.6. The van der Waals surface area contributed by atoms with E-state index in [2.05, 4.69) is 123 Å². The minimum Gasteiger partial charge on any atom is -0.462 e. The monoisotopic (exact) mass is 915 g/mol. The van der Waals surface area contributed by atoms with Gasteiger partial charge in [0.05, 0.1) is 6.61 Å². The second-order valence-corrected chi connectivity index (χ2v) is 17.9. The topological polar surface area (TPSA) is 72.8 Å². The molecule has 0 fully saturated rings. The molecule has 0 rings (SSSR count). The van der Waals surface area contributed by atoms with Crippen LogP contribution >= 0.6 is 0 Å². The molecule has 376 valence electrons. The van der Waals surface area contributed by atoms with E-state index in [1.807, 2.05) is 0 Å². The van der Waals surface area contributed by atoms with Crippen molar-refractivity contribution in [3.8, 4) is 0 Å². The summed E-state index contributed by atoms with van der Waals surface area (Å²) in [5, 5.41) is 9.64. The number of hydrogen-bond acceptors (Lipinski definition) is 5. The summed E-state index contributed by atoms with van der Waals surface area (Å²) in [4.78, 5) is 24.5. The van der Waals surface area contributed by atoms with Crippen LogP contribution in [0.25, 0.3) is 0 Å². The zero-order valence-corrected chi connectivity index (χ0v) is 42.9.